The number of hydrogen-bond acceptors (Lipinski definition) is 2. The van der Waals surface area contributed by atoms with Gasteiger partial charge in [-0.25, -0.2) is 4.39 Å². The lowest BCUT2D eigenvalue weighted by atomic mass is 10.1. The van der Waals surface area contributed by atoms with Crippen LogP contribution in [-0.2, 0) is 6.54 Å². The molecule has 0 amide bonds. The molecule has 2 nitrogen and oxygen atoms in total. The zero-order valence-electron chi connectivity index (χ0n) is 11.5. The smallest absolute Gasteiger partial charge is 0.294 e. The molecule has 3 rings (SSSR count). The van der Waals surface area contributed by atoms with Crippen molar-refractivity contribution in [1.82, 2.24) is 4.57 Å². The summed E-state index contributed by atoms with van der Waals surface area (Å²) in [6.45, 7) is 2.40. The average molecular weight is 299 g/mol. The summed E-state index contributed by atoms with van der Waals surface area (Å²) in [4.78, 5) is 12.1. The third-order valence-corrected chi connectivity index (χ3v) is 4.20. The molecule has 3 aromatic rings. The average Bonchev–Trinajstić information content (AvgIpc) is 2.81. The standard InChI is InChI=1S/C17H14FNOS/c1-12-5-2-3-8-15(12)16-11-21-17(20)19(16)10-13-6-4-7-14(18)9-13/h2-9,11H,10H2,1H3. The second-order valence-corrected chi connectivity index (χ2v) is 5.74. The number of thiazole rings is 1. The van der Waals surface area contributed by atoms with Gasteiger partial charge in [0, 0.05) is 10.9 Å². The maximum atomic E-state index is 13.3. The van der Waals surface area contributed by atoms with Gasteiger partial charge in [0.05, 0.1) is 12.2 Å². The Bertz CT molecular complexity index is 835. The molecule has 0 bridgehead atoms. The minimum atomic E-state index is -0.284. The summed E-state index contributed by atoms with van der Waals surface area (Å²) in [6.07, 6.45) is 0. The molecular weight excluding hydrogens is 285 g/mol. The van der Waals surface area contributed by atoms with Crippen LogP contribution in [0.2, 0.25) is 0 Å². The molecule has 0 unspecified atom stereocenters. The van der Waals surface area contributed by atoms with Crippen LogP contribution in [0, 0.1) is 12.7 Å². The van der Waals surface area contributed by atoms with Crippen molar-refractivity contribution in [2.24, 2.45) is 0 Å². The molecule has 0 aliphatic carbocycles. The second-order valence-electron chi connectivity index (χ2n) is 4.92. The lowest BCUT2D eigenvalue weighted by Crippen LogP contribution is -2.15. The highest BCUT2D eigenvalue weighted by Crippen LogP contribution is 2.24. The third-order valence-electron chi connectivity index (χ3n) is 3.43. The normalized spacial score (nSPS) is 10.8. The van der Waals surface area contributed by atoms with E-state index in [1.54, 1.807) is 10.6 Å². The molecule has 4 heteroatoms. The predicted molar refractivity (Wildman–Crippen MR) is 84.3 cm³/mol. The van der Waals surface area contributed by atoms with Crippen LogP contribution in [-0.4, -0.2) is 4.57 Å². The summed E-state index contributed by atoms with van der Waals surface area (Å²) in [7, 11) is 0. The van der Waals surface area contributed by atoms with Crippen molar-refractivity contribution in [2.45, 2.75) is 13.5 Å². The van der Waals surface area contributed by atoms with Gasteiger partial charge in [-0.3, -0.25) is 9.36 Å². The van der Waals surface area contributed by atoms with Crippen LogP contribution in [0.1, 0.15) is 11.1 Å². The van der Waals surface area contributed by atoms with Crippen LogP contribution in [0.5, 0.6) is 0 Å². The number of aryl methyl sites for hydroxylation is 1. The first-order valence-corrected chi connectivity index (χ1v) is 7.52. The van der Waals surface area contributed by atoms with Gasteiger partial charge in [0.2, 0.25) is 0 Å². The van der Waals surface area contributed by atoms with E-state index in [2.05, 4.69) is 0 Å². The maximum Gasteiger partial charge on any atom is 0.307 e. The molecule has 2 aromatic carbocycles. The minimum Gasteiger partial charge on any atom is -0.294 e. The van der Waals surface area contributed by atoms with Gasteiger partial charge >= 0.3 is 4.87 Å². The Morgan fingerprint density at radius 2 is 1.95 bits per heavy atom. The molecular formula is C17H14FNOS. The summed E-state index contributed by atoms with van der Waals surface area (Å²) in [5.74, 6) is -0.284. The van der Waals surface area contributed by atoms with E-state index >= 15 is 0 Å². The van der Waals surface area contributed by atoms with Crippen LogP contribution in [0.25, 0.3) is 11.3 Å². The predicted octanol–water partition coefficient (Wildman–Crippen LogP) is 4.07. The van der Waals surface area contributed by atoms with Gasteiger partial charge < -0.3 is 0 Å². The Kier molecular flexibility index (Phi) is 3.71. The van der Waals surface area contributed by atoms with Gasteiger partial charge in [-0.05, 0) is 30.2 Å². The summed E-state index contributed by atoms with van der Waals surface area (Å²) in [6, 6.07) is 14.3. The molecule has 0 spiro atoms. The first kappa shape index (κ1) is 13.8. The van der Waals surface area contributed by atoms with Crippen LogP contribution < -0.4 is 4.87 Å². The fraction of sp³-hybridized carbons (Fsp3) is 0.118. The molecule has 0 atom stereocenters. The van der Waals surface area contributed by atoms with E-state index in [4.69, 9.17) is 0 Å². The van der Waals surface area contributed by atoms with Gasteiger partial charge in [-0.2, -0.15) is 0 Å². The maximum absolute atomic E-state index is 13.3. The number of nitrogens with zero attached hydrogens (tertiary/aromatic N) is 1. The Labute approximate surface area is 126 Å². The van der Waals surface area contributed by atoms with Crippen molar-refractivity contribution in [1.29, 1.82) is 0 Å². The number of rotatable bonds is 3. The molecule has 0 N–H and O–H groups in total. The monoisotopic (exact) mass is 299 g/mol. The van der Waals surface area contributed by atoms with E-state index in [0.29, 0.717) is 6.54 Å². The minimum absolute atomic E-state index is 0.0301. The van der Waals surface area contributed by atoms with Gasteiger partial charge in [0.1, 0.15) is 5.82 Å². The molecule has 21 heavy (non-hydrogen) atoms. The summed E-state index contributed by atoms with van der Waals surface area (Å²) < 4.78 is 15.0. The van der Waals surface area contributed by atoms with E-state index in [1.165, 1.54) is 23.5 Å². The molecule has 1 heterocycles. The van der Waals surface area contributed by atoms with Gasteiger partial charge in [-0.1, -0.05) is 47.7 Å². The van der Waals surface area contributed by atoms with E-state index in [9.17, 15) is 9.18 Å². The highest BCUT2D eigenvalue weighted by atomic mass is 32.1. The molecule has 0 aliphatic heterocycles. The van der Waals surface area contributed by atoms with Crippen molar-refractivity contribution in [3.63, 3.8) is 0 Å². The van der Waals surface area contributed by atoms with E-state index in [-0.39, 0.29) is 10.7 Å². The van der Waals surface area contributed by atoms with E-state index < -0.39 is 0 Å². The number of benzene rings is 2. The largest absolute Gasteiger partial charge is 0.307 e. The van der Waals surface area contributed by atoms with Crippen molar-refractivity contribution >= 4 is 11.3 Å². The second kappa shape index (κ2) is 5.66. The zero-order chi connectivity index (χ0) is 14.8. The quantitative estimate of drug-likeness (QED) is 0.714. The van der Waals surface area contributed by atoms with Crippen molar-refractivity contribution in [2.75, 3.05) is 0 Å². The Balaban J connectivity index is 2.06. The SMILES string of the molecule is Cc1ccccc1-c1csc(=O)n1Cc1cccc(F)c1. The molecule has 0 aliphatic rings. The summed E-state index contributed by atoms with van der Waals surface area (Å²) in [5.41, 5.74) is 3.81. The first-order chi connectivity index (χ1) is 10.1. The van der Waals surface area contributed by atoms with E-state index in [0.717, 1.165) is 22.4 Å². The number of halogens is 1. The Morgan fingerprint density at radius 3 is 2.71 bits per heavy atom. The van der Waals surface area contributed by atoms with Gasteiger partial charge in [0.15, 0.2) is 0 Å². The van der Waals surface area contributed by atoms with Crippen LogP contribution in [0.4, 0.5) is 4.39 Å². The van der Waals surface area contributed by atoms with Crippen LogP contribution >= 0.6 is 11.3 Å². The molecule has 0 saturated carbocycles. The van der Waals surface area contributed by atoms with Crippen molar-refractivity contribution < 1.29 is 4.39 Å². The van der Waals surface area contributed by atoms with Crippen LogP contribution in [0.3, 0.4) is 0 Å². The lowest BCUT2D eigenvalue weighted by Gasteiger charge is -2.10. The molecule has 106 valence electrons. The molecule has 1 aromatic heterocycles. The first-order valence-electron chi connectivity index (χ1n) is 6.64. The van der Waals surface area contributed by atoms with Gasteiger partial charge in [0.25, 0.3) is 0 Å². The summed E-state index contributed by atoms with van der Waals surface area (Å²) in [5, 5.41) is 1.87. The fourth-order valence-corrected chi connectivity index (χ4v) is 3.13. The van der Waals surface area contributed by atoms with Gasteiger partial charge in [-0.15, -0.1) is 0 Å². The lowest BCUT2D eigenvalue weighted by molar-refractivity contribution is 0.623. The van der Waals surface area contributed by atoms with Crippen molar-refractivity contribution in [3.05, 3.63) is 80.5 Å². The molecule has 0 fully saturated rings. The Morgan fingerprint density at radius 1 is 1.14 bits per heavy atom. The highest BCUT2D eigenvalue weighted by molar-refractivity contribution is 7.07. The molecule has 0 radical (unpaired) electrons. The zero-order valence-corrected chi connectivity index (χ0v) is 12.4. The number of hydrogen-bond donors (Lipinski definition) is 0. The van der Waals surface area contributed by atoms with Crippen molar-refractivity contribution in [3.8, 4) is 11.3 Å². The third kappa shape index (κ3) is 2.81. The fourth-order valence-electron chi connectivity index (χ4n) is 2.37. The summed E-state index contributed by atoms with van der Waals surface area (Å²) >= 11 is 1.17. The van der Waals surface area contributed by atoms with Crippen LogP contribution in [0.15, 0.2) is 58.7 Å². The Hall–Kier alpha value is -2.20. The topological polar surface area (TPSA) is 22.0 Å². The molecule has 0 saturated heterocycles. The van der Waals surface area contributed by atoms with E-state index in [1.807, 2.05) is 42.6 Å². The highest BCUT2D eigenvalue weighted by Gasteiger charge is 2.11. The number of aromatic nitrogens is 1.